The van der Waals surface area contributed by atoms with Crippen molar-refractivity contribution in [1.29, 1.82) is 0 Å². The average molecular weight is 232 g/mol. The Hall–Kier alpha value is -2.17. The number of aromatic nitrogens is 2. The van der Waals surface area contributed by atoms with Crippen LogP contribution < -0.4 is 0 Å². The van der Waals surface area contributed by atoms with Gasteiger partial charge < -0.3 is 9.52 Å². The summed E-state index contributed by atoms with van der Waals surface area (Å²) in [6.45, 7) is 1.61. The zero-order chi connectivity index (χ0) is 12.3. The molecule has 17 heavy (non-hydrogen) atoms. The van der Waals surface area contributed by atoms with Crippen LogP contribution in [0.3, 0.4) is 0 Å². The highest BCUT2D eigenvalue weighted by Crippen LogP contribution is 2.18. The molecule has 2 aromatic rings. The quantitative estimate of drug-likeness (QED) is 0.872. The van der Waals surface area contributed by atoms with E-state index in [9.17, 15) is 4.79 Å². The molecular formula is C12H12N2O3. The predicted octanol–water partition coefficient (Wildman–Crippen LogP) is 2.00. The van der Waals surface area contributed by atoms with E-state index in [-0.39, 0.29) is 6.42 Å². The fourth-order valence-corrected chi connectivity index (χ4v) is 1.38. The van der Waals surface area contributed by atoms with Crippen LogP contribution >= 0.6 is 0 Å². The summed E-state index contributed by atoms with van der Waals surface area (Å²) in [6.07, 6.45) is 0.245. The number of aliphatic carboxylic acids is 1. The molecule has 1 unspecified atom stereocenters. The van der Waals surface area contributed by atoms with Gasteiger partial charge in [0.05, 0.1) is 5.92 Å². The van der Waals surface area contributed by atoms with Gasteiger partial charge in [-0.2, -0.15) is 0 Å². The number of nitrogens with zero attached hydrogens (tertiary/aromatic N) is 2. The first-order chi connectivity index (χ1) is 8.16. The van der Waals surface area contributed by atoms with Crippen molar-refractivity contribution in [3.8, 4) is 11.5 Å². The summed E-state index contributed by atoms with van der Waals surface area (Å²) in [5.41, 5.74) is 0.828. The third-order valence-corrected chi connectivity index (χ3v) is 2.39. The maximum absolute atomic E-state index is 10.7. The highest BCUT2D eigenvalue weighted by atomic mass is 16.4. The van der Waals surface area contributed by atoms with E-state index < -0.39 is 11.9 Å². The lowest BCUT2D eigenvalue weighted by Crippen LogP contribution is -2.12. The van der Waals surface area contributed by atoms with Gasteiger partial charge in [0.25, 0.3) is 0 Å². The molecule has 0 spiro atoms. The molecule has 1 aromatic heterocycles. The first-order valence-corrected chi connectivity index (χ1v) is 5.27. The first kappa shape index (κ1) is 11.3. The maximum Gasteiger partial charge on any atom is 0.306 e. The van der Waals surface area contributed by atoms with E-state index in [1.165, 1.54) is 0 Å². The van der Waals surface area contributed by atoms with Gasteiger partial charge in [0.15, 0.2) is 0 Å². The number of benzene rings is 1. The van der Waals surface area contributed by atoms with Crippen LogP contribution in [0.5, 0.6) is 0 Å². The minimum atomic E-state index is -0.871. The van der Waals surface area contributed by atoms with Gasteiger partial charge in [-0.05, 0) is 12.1 Å². The fraction of sp³-hybridized carbons (Fsp3) is 0.250. The second-order valence-electron chi connectivity index (χ2n) is 3.81. The standard InChI is InChI=1S/C12H12N2O3/c1-8(12(15)16)7-10-13-14-11(17-10)9-5-3-2-4-6-9/h2-6,8H,7H2,1H3,(H,15,16). The third-order valence-electron chi connectivity index (χ3n) is 2.39. The molecular weight excluding hydrogens is 220 g/mol. The van der Waals surface area contributed by atoms with Crippen molar-refractivity contribution in [2.45, 2.75) is 13.3 Å². The number of carbonyl (C=O) groups is 1. The minimum absolute atomic E-state index is 0.245. The lowest BCUT2D eigenvalue weighted by atomic mass is 10.1. The molecule has 5 nitrogen and oxygen atoms in total. The summed E-state index contributed by atoms with van der Waals surface area (Å²) in [5.74, 6) is -0.638. The van der Waals surface area contributed by atoms with E-state index in [2.05, 4.69) is 10.2 Å². The van der Waals surface area contributed by atoms with Crippen molar-refractivity contribution in [1.82, 2.24) is 10.2 Å². The molecule has 5 heteroatoms. The highest BCUT2D eigenvalue weighted by molar-refractivity contribution is 5.69. The molecule has 0 aliphatic rings. The lowest BCUT2D eigenvalue weighted by Gasteiger charge is -2.00. The van der Waals surface area contributed by atoms with Crippen molar-refractivity contribution in [3.63, 3.8) is 0 Å². The molecule has 0 aliphatic heterocycles. The summed E-state index contributed by atoms with van der Waals surface area (Å²) in [4.78, 5) is 10.7. The van der Waals surface area contributed by atoms with Crippen molar-refractivity contribution in [3.05, 3.63) is 36.2 Å². The van der Waals surface area contributed by atoms with E-state index in [0.29, 0.717) is 11.8 Å². The van der Waals surface area contributed by atoms with Gasteiger partial charge in [-0.1, -0.05) is 25.1 Å². The van der Waals surface area contributed by atoms with Crippen LogP contribution in [-0.2, 0) is 11.2 Å². The Morgan fingerprint density at radius 1 is 1.35 bits per heavy atom. The van der Waals surface area contributed by atoms with E-state index in [1.54, 1.807) is 6.92 Å². The lowest BCUT2D eigenvalue weighted by molar-refractivity contribution is -0.141. The Morgan fingerprint density at radius 3 is 2.71 bits per heavy atom. The number of hydrogen-bond acceptors (Lipinski definition) is 4. The zero-order valence-corrected chi connectivity index (χ0v) is 9.33. The van der Waals surface area contributed by atoms with Gasteiger partial charge >= 0.3 is 5.97 Å². The SMILES string of the molecule is CC(Cc1nnc(-c2ccccc2)o1)C(=O)O. The summed E-state index contributed by atoms with van der Waals surface area (Å²) >= 11 is 0. The Labute approximate surface area is 98.1 Å². The summed E-state index contributed by atoms with van der Waals surface area (Å²) in [7, 11) is 0. The van der Waals surface area contributed by atoms with Gasteiger partial charge in [0.2, 0.25) is 11.8 Å². The Balaban J connectivity index is 2.14. The van der Waals surface area contributed by atoms with Crippen LogP contribution in [0.4, 0.5) is 0 Å². The van der Waals surface area contributed by atoms with Gasteiger partial charge in [0, 0.05) is 12.0 Å². The zero-order valence-electron chi connectivity index (χ0n) is 9.33. The molecule has 1 heterocycles. The topological polar surface area (TPSA) is 76.2 Å². The highest BCUT2D eigenvalue weighted by Gasteiger charge is 2.16. The molecule has 1 aromatic carbocycles. The second kappa shape index (κ2) is 4.78. The molecule has 2 rings (SSSR count). The molecule has 88 valence electrons. The summed E-state index contributed by atoms with van der Waals surface area (Å²) in [6, 6.07) is 9.36. The van der Waals surface area contributed by atoms with Gasteiger partial charge in [-0.25, -0.2) is 0 Å². The van der Waals surface area contributed by atoms with Crippen LogP contribution in [0.2, 0.25) is 0 Å². The van der Waals surface area contributed by atoms with Gasteiger partial charge in [-0.15, -0.1) is 10.2 Å². The molecule has 1 atom stereocenters. The van der Waals surface area contributed by atoms with Gasteiger partial charge in [-0.3, -0.25) is 4.79 Å². The van der Waals surface area contributed by atoms with Crippen molar-refractivity contribution in [2.75, 3.05) is 0 Å². The van der Waals surface area contributed by atoms with E-state index in [1.807, 2.05) is 30.3 Å². The normalized spacial score (nSPS) is 12.3. The molecule has 0 saturated heterocycles. The Bertz CT molecular complexity index is 507. The summed E-state index contributed by atoms with van der Waals surface area (Å²) in [5, 5.41) is 16.5. The maximum atomic E-state index is 10.7. The molecule has 0 amide bonds. The average Bonchev–Trinajstić information content (AvgIpc) is 2.78. The largest absolute Gasteiger partial charge is 0.481 e. The van der Waals surface area contributed by atoms with Crippen LogP contribution in [0.15, 0.2) is 34.7 Å². The van der Waals surface area contributed by atoms with Crippen LogP contribution in [-0.4, -0.2) is 21.3 Å². The second-order valence-corrected chi connectivity index (χ2v) is 3.81. The molecule has 1 N–H and O–H groups in total. The fourth-order valence-electron chi connectivity index (χ4n) is 1.38. The van der Waals surface area contributed by atoms with E-state index in [0.717, 1.165) is 5.56 Å². The predicted molar refractivity (Wildman–Crippen MR) is 60.2 cm³/mol. The molecule has 0 aliphatic carbocycles. The molecule has 0 radical (unpaired) electrons. The first-order valence-electron chi connectivity index (χ1n) is 5.27. The molecule has 0 bridgehead atoms. The smallest absolute Gasteiger partial charge is 0.306 e. The van der Waals surface area contributed by atoms with Gasteiger partial charge in [0.1, 0.15) is 0 Å². The number of carboxylic acid groups (broad SMARTS) is 1. The van der Waals surface area contributed by atoms with Crippen LogP contribution in [0, 0.1) is 5.92 Å². The third kappa shape index (κ3) is 2.69. The van der Waals surface area contributed by atoms with E-state index in [4.69, 9.17) is 9.52 Å². The number of rotatable bonds is 4. The van der Waals surface area contributed by atoms with E-state index >= 15 is 0 Å². The van der Waals surface area contributed by atoms with Crippen molar-refractivity contribution in [2.24, 2.45) is 5.92 Å². The summed E-state index contributed by atoms with van der Waals surface area (Å²) < 4.78 is 5.40. The monoisotopic (exact) mass is 232 g/mol. The number of hydrogen-bond donors (Lipinski definition) is 1. The molecule has 0 fully saturated rings. The Kier molecular flexibility index (Phi) is 3.18. The van der Waals surface area contributed by atoms with Crippen molar-refractivity contribution >= 4 is 5.97 Å². The Morgan fingerprint density at radius 2 is 2.06 bits per heavy atom. The van der Waals surface area contributed by atoms with Crippen LogP contribution in [0.25, 0.3) is 11.5 Å². The number of carboxylic acids is 1. The van der Waals surface area contributed by atoms with Crippen LogP contribution in [0.1, 0.15) is 12.8 Å². The van der Waals surface area contributed by atoms with Crippen molar-refractivity contribution < 1.29 is 14.3 Å². The minimum Gasteiger partial charge on any atom is -0.481 e. The molecule has 0 saturated carbocycles.